The van der Waals surface area contributed by atoms with Crippen LogP contribution >= 0.6 is 0 Å². The van der Waals surface area contributed by atoms with Gasteiger partial charge < -0.3 is 4.42 Å². The highest BCUT2D eigenvalue weighted by molar-refractivity contribution is 5.96. The third-order valence-corrected chi connectivity index (χ3v) is 2.28. The van der Waals surface area contributed by atoms with E-state index in [1.54, 1.807) is 0 Å². The summed E-state index contributed by atoms with van der Waals surface area (Å²) in [5.41, 5.74) is 0.703. The first-order chi connectivity index (χ1) is 6.36. The highest BCUT2D eigenvalue weighted by Crippen LogP contribution is 2.27. The van der Waals surface area contributed by atoms with Crippen LogP contribution in [0.4, 0.5) is 0 Å². The molecular formula is C12H18O2. The lowest BCUT2D eigenvalue weighted by atomic mass is 9.93. The van der Waals surface area contributed by atoms with Gasteiger partial charge in [0.05, 0.1) is 5.56 Å². The fraction of sp³-hybridized carbons (Fsp3) is 0.583. The fourth-order valence-corrected chi connectivity index (χ4v) is 1.32. The maximum Gasteiger partial charge on any atom is 0.166 e. The summed E-state index contributed by atoms with van der Waals surface area (Å²) >= 11 is 0. The van der Waals surface area contributed by atoms with Crippen molar-refractivity contribution in [3.05, 3.63) is 23.2 Å². The van der Waals surface area contributed by atoms with Crippen LogP contribution in [0.3, 0.4) is 0 Å². The molecule has 1 aromatic rings. The lowest BCUT2D eigenvalue weighted by Crippen LogP contribution is -2.09. The molecule has 1 heterocycles. The number of carbonyl (C=O) groups is 1. The number of aryl methyl sites for hydroxylation is 1. The molecule has 0 aliphatic carbocycles. The van der Waals surface area contributed by atoms with Crippen molar-refractivity contribution in [2.45, 2.75) is 46.5 Å². The zero-order valence-electron chi connectivity index (χ0n) is 9.60. The van der Waals surface area contributed by atoms with Crippen molar-refractivity contribution in [3.63, 3.8) is 0 Å². The van der Waals surface area contributed by atoms with Crippen LogP contribution in [-0.4, -0.2) is 5.78 Å². The minimum Gasteiger partial charge on any atom is -0.465 e. The van der Waals surface area contributed by atoms with Crippen LogP contribution in [-0.2, 0) is 5.41 Å². The average molecular weight is 194 g/mol. The molecule has 0 atom stereocenters. The van der Waals surface area contributed by atoms with E-state index in [2.05, 4.69) is 20.8 Å². The molecule has 1 rings (SSSR count). The lowest BCUT2D eigenvalue weighted by Gasteiger charge is -2.13. The third kappa shape index (κ3) is 2.06. The van der Waals surface area contributed by atoms with Gasteiger partial charge in [0.1, 0.15) is 11.5 Å². The molecule has 0 saturated carbocycles. The Labute approximate surface area is 85.3 Å². The Morgan fingerprint density at radius 2 is 2.00 bits per heavy atom. The van der Waals surface area contributed by atoms with E-state index in [4.69, 9.17) is 4.42 Å². The minimum atomic E-state index is -0.0307. The van der Waals surface area contributed by atoms with Crippen molar-refractivity contribution < 1.29 is 9.21 Å². The van der Waals surface area contributed by atoms with Gasteiger partial charge in [-0.1, -0.05) is 27.7 Å². The number of hydrogen-bond acceptors (Lipinski definition) is 2. The Kier molecular flexibility index (Phi) is 2.84. The highest BCUT2D eigenvalue weighted by Gasteiger charge is 2.22. The van der Waals surface area contributed by atoms with Crippen LogP contribution in [0.1, 0.15) is 56.0 Å². The van der Waals surface area contributed by atoms with Gasteiger partial charge in [-0.2, -0.15) is 0 Å². The molecular weight excluding hydrogens is 176 g/mol. The second kappa shape index (κ2) is 3.60. The van der Waals surface area contributed by atoms with Gasteiger partial charge in [0, 0.05) is 11.8 Å². The Balaban J connectivity index is 3.12. The van der Waals surface area contributed by atoms with Gasteiger partial charge >= 0.3 is 0 Å². The number of ketones is 1. The summed E-state index contributed by atoms with van der Waals surface area (Å²) in [4.78, 5) is 11.5. The molecule has 0 unspecified atom stereocenters. The summed E-state index contributed by atoms with van der Waals surface area (Å²) in [6, 6.07) is 1.88. The molecule has 14 heavy (non-hydrogen) atoms. The Bertz CT molecular complexity index is 340. The number of carbonyl (C=O) groups excluding carboxylic acids is 1. The summed E-state index contributed by atoms with van der Waals surface area (Å²) in [5.74, 6) is 1.77. The molecule has 0 spiro atoms. The second-order valence-electron chi connectivity index (χ2n) is 4.61. The lowest BCUT2D eigenvalue weighted by molar-refractivity contribution is 0.0986. The summed E-state index contributed by atoms with van der Waals surface area (Å²) in [5, 5.41) is 0. The van der Waals surface area contributed by atoms with Gasteiger partial charge in [0.25, 0.3) is 0 Å². The molecule has 1 aromatic heterocycles. The van der Waals surface area contributed by atoms with E-state index < -0.39 is 0 Å². The molecule has 0 radical (unpaired) electrons. The molecule has 0 saturated heterocycles. The van der Waals surface area contributed by atoms with Gasteiger partial charge in [-0.3, -0.25) is 4.79 Å². The predicted molar refractivity (Wildman–Crippen MR) is 56.8 cm³/mol. The SMILES string of the molecule is CCC(=O)c1cc(C(C)(C)C)oc1C. The number of hydrogen-bond donors (Lipinski definition) is 0. The van der Waals surface area contributed by atoms with Crippen molar-refractivity contribution >= 4 is 5.78 Å². The molecule has 0 fully saturated rings. The Hall–Kier alpha value is -1.05. The van der Waals surface area contributed by atoms with E-state index in [0.29, 0.717) is 6.42 Å². The van der Waals surface area contributed by atoms with Crippen LogP contribution in [0.25, 0.3) is 0 Å². The van der Waals surface area contributed by atoms with E-state index >= 15 is 0 Å². The molecule has 0 aromatic carbocycles. The molecule has 2 heteroatoms. The summed E-state index contributed by atoms with van der Waals surface area (Å²) < 4.78 is 5.58. The van der Waals surface area contributed by atoms with Crippen molar-refractivity contribution in [3.8, 4) is 0 Å². The zero-order valence-corrected chi connectivity index (χ0v) is 9.60. The summed E-state index contributed by atoms with van der Waals surface area (Å²) in [6.45, 7) is 9.94. The van der Waals surface area contributed by atoms with Crippen molar-refractivity contribution in [2.24, 2.45) is 0 Å². The van der Waals surface area contributed by atoms with Crippen LogP contribution in [0.15, 0.2) is 10.5 Å². The fourth-order valence-electron chi connectivity index (χ4n) is 1.32. The molecule has 0 bridgehead atoms. The number of rotatable bonds is 2. The molecule has 0 N–H and O–H groups in total. The van der Waals surface area contributed by atoms with Gasteiger partial charge in [-0.15, -0.1) is 0 Å². The van der Waals surface area contributed by atoms with Gasteiger partial charge in [-0.25, -0.2) is 0 Å². The summed E-state index contributed by atoms with van der Waals surface area (Å²) in [6.07, 6.45) is 0.532. The first-order valence-electron chi connectivity index (χ1n) is 5.00. The average Bonchev–Trinajstić information content (AvgIpc) is 2.45. The quantitative estimate of drug-likeness (QED) is 0.675. The first kappa shape index (κ1) is 11.0. The third-order valence-electron chi connectivity index (χ3n) is 2.28. The molecule has 0 amide bonds. The molecule has 0 aliphatic rings. The van der Waals surface area contributed by atoms with Gasteiger partial charge in [-0.05, 0) is 13.0 Å². The maximum atomic E-state index is 11.5. The predicted octanol–water partition coefficient (Wildman–Crippen LogP) is 3.48. The van der Waals surface area contributed by atoms with Crippen LogP contribution in [0, 0.1) is 6.92 Å². The largest absolute Gasteiger partial charge is 0.465 e. The van der Waals surface area contributed by atoms with Crippen molar-refractivity contribution in [2.75, 3.05) is 0 Å². The molecule has 78 valence electrons. The van der Waals surface area contributed by atoms with E-state index in [0.717, 1.165) is 17.1 Å². The van der Waals surface area contributed by atoms with Crippen molar-refractivity contribution in [1.82, 2.24) is 0 Å². The van der Waals surface area contributed by atoms with Gasteiger partial charge in [0.15, 0.2) is 5.78 Å². The summed E-state index contributed by atoms with van der Waals surface area (Å²) in [7, 11) is 0. The smallest absolute Gasteiger partial charge is 0.166 e. The van der Waals surface area contributed by atoms with E-state index in [9.17, 15) is 4.79 Å². The van der Waals surface area contributed by atoms with Crippen molar-refractivity contribution in [1.29, 1.82) is 0 Å². The van der Waals surface area contributed by atoms with Crippen LogP contribution < -0.4 is 0 Å². The van der Waals surface area contributed by atoms with Crippen LogP contribution in [0.5, 0.6) is 0 Å². The zero-order chi connectivity index (χ0) is 10.9. The Morgan fingerprint density at radius 3 is 2.36 bits per heavy atom. The maximum absolute atomic E-state index is 11.5. The Morgan fingerprint density at radius 1 is 1.43 bits per heavy atom. The highest BCUT2D eigenvalue weighted by atomic mass is 16.3. The van der Waals surface area contributed by atoms with E-state index in [-0.39, 0.29) is 11.2 Å². The molecule has 0 aliphatic heterocycles. The number of Topliss-reactive ketones (excluding diaryl/α,β-unsaturated/α-hetero) is 1. The normalized spacial score (nSPS) is 11.8. The standard InChI is InChI=1S/C12H18O2/c1-6-10(13)9-7-11(12(3,4)5)14-8(9)2/h7H,6H2,1-5H3. The second-order valence-corrected chi connectivity index (χ2v) is 4.61. The monoisotopic (exact) mass is 194 g/mol. The first-order valence-corrected chi connectivity index (χ1v) is 5.00. The van der Waals surface area contributed by atoms with Crippen LogP contribution in [0.2, 0.25) is 0 Å². The molecule has 2 nitrogen and oxygen atoms in total. The topological polar surface area (TPSA) is 30.2 Å². The minimum absolute atomic E-state index is 0.0307. The van der Waals surface area contributed by atoms with E-state index in [1.165, 1.54) is 0 Å². The van der Waals surface area contributed by atoms with Gasteiger partial charge in [0.2, 0.25) is 0 Å². The number of furan rings is 1. The van der Waals surface area contributed by atoms with E-state index in [1.807, 2.05) is 19.9 Å².